The maximum absolute atomic E-state index is 12.8. The Hall–Kier alpha value is -3.12. The van der Waals surface area contributed by atoms with Crippen LogP contribution in [0.15, 0.2) is 77.7 Å². The molecule has 0 saturated carbocycles. The molecular formula is C25H25NO4S. The zero-order valence-corrected chi connectivity index (χ0v) is 18.2. The van der Waals surface area contributed by atoms with Gasteiger partial charge in [-0.15, -0.1) is 11.8 Å². The van der Waals surface area contributed by atoms with Crippen molar-refractivity contribution in [2.75, 3.05) is 26.1 Å². The van der Waals surface area contributed by atoms with E-state index in [4.69, 9.17) is 14.2 Å². The first-order valence-electron chi connectivity index (χ1n) is 10.2. The van der Waals surface area contributed by atoms with Crippen LogP contribution < -0.4 is 19.5 Å². The van der Waals surface area contributed by atoms with Crippen LogP contribution in [0, 0.1) is 0 Å². The monoisotopic (exact) mass is 435 g/mol. The summed E-state index contributed by atoms with van der Waals surface area (Å²) in [5.41, 5.74) is 2.03. The number of amides is 1. The molecule has 1 atom stereocenters. The number of ether oxygens (including phenoxy) is 3. The lowest BCUT2D eigenvalue weighted by molar-refractivity contribution is -0.119. The summed E-state index contributed by atoms with van der Waals surface area (Å²) in [6.45, 7) is 1.30. The molecule has 0 unspecified atom stereocenters. The van der Waals surface area contributed by atoms with E-state index in [1.54, 1.807) is 7.11 Å². The summed E-state index contributed by atoms with van der Waals surface area (Å²) in [7, 11) is 1.64. The van der Waals surface area contributed by atoms with Crippen LogP contribution >= 0.6 is 11.8 Å². The molecule has 1 N–H and O–H groups in total. The summed E-state index contributed by atoms with van der Waals surface area (Å²) >= 11 is 1.48. The topological polar surface area (TPSA) is 56.8 Å². The molecule has 31 heavy (non-hydrogen) atoms. The molecule has 6 heteroatoms. The molecule has 3 aromatic carbocycles. The van der Waals surface area contributed by atoms with Gasteiger partial charge in [0.2, 0.25) is 5.91 Å². The Morgan fingerprint density at radius 3 is 2.42 bits per heavy atom. The molecule has 4 rings (SSSR count). The minimum absolute atomic E-state index is 0.0400. The smallest absolute Gasteiger partial charge is 0.231 e. The van der Waals surface area contributed by atoms with Gasteiger partial charge in [0.15, 0.2) is 11.5 Å². The number of nitrogens with one attached hydrogen (secondary N) is 1. The highest BCUT2D eigenvalue weighted by molar-refractivity contribution is 8.00. The fraction of sp³-hybridized carbons (Fsp3) is 0.240. The van der Waals surface area contributed by atoms with Crippen LogP contribution in [0.1, 0.15) is 23.6 Å². The third-order valence-electron chi connectivity index (χ3n) is 4.98. The van der Waals surface area contributed by atoms with E-state index in [0.717, 1.165) is 39.7 Å². The number of methoxy groups -OCH3 is 1. The van der Waals surface area contributed by atoms with Gasteiger partial charge in [-0.05, 0) is 41.5 Å². The second kappa shape index (κ2) is 10.3. The molecular weight excluding hydrogens is 410 g/mol. The lowest BCUT2D eigenvalue weighted by atomic mass is 9.98. The Bertz CT molecular complexity index is 1010. The van der Waals surface area contributed by atoms with Crippen molar-refractivity contribution < 1.29 is 19.0 Å². The van der Waals surface area contributed by atoms with E-state index < -0.39 is 0 Å². The maximum atomic E-state index is 12.8. The Morgan fingerprint density at radius 2 is 1.68 bits per heavy atom. The third-order valence-corrected chi connectivity index (χ3v) is 5.97. The molecule has 1 heterocycles. The Kier molecular flexibility index (Phi) is 6.99. The van der Waals surface area contributed by atoms with Gasteiger partial charge in [0.05, 0.1) is 32.1 Å². The van der Waals surface area contributed by atoms with Gasteiger partial charge in [-0.2, -0.15) is 0 Å². The van der Waals surface area contributed by atoms with E-state index in [2.05, 4.69) is 5.32 Å². The molecule has 0 saturated heterocycles. The molecule has 0 aliphatic carbocycles. The fourth-order valence-electron chi connectivity index (χ4n) is 3.39. The van der Waals surface area contributed by atoms with Crippen molar-refractivity contribution in [1.82, 2.24) is 5.32 Å². The predicted octanol–water partition coefficient (Wildman–Crippen LogP) is 4.85. The number of rotatable bonds is 7. The largest absolute Gasteiger partial charge is 0.497 e. The highest BCUT2D eigenvalue weighted by atomic mass is 32.2. The number of hydrogen-bond acceptors (Lipinski definition) is 5. The number of thioether (sulfide) groups is 1. The van der Waals surface area contributed by atoms with Gasteiger partial charge in [0, 0.05) is 11.3 Å². The van der Waals surface area contributed by atoms with E-state index in [-0.39, 0.29) is 11.9 Å². The Morgan fingerprint density at radius 1 is 0.968 bits per heavy atom. The fourth-order valence-corrected chi connectivity index (χ4v) is 4.12. The van der Waals surface area contributed by atoms with Crippen molar-refractivity contribution in [2.45, 2.75) is 17.4 Å². The van der Waals surface area contributed by atoms with Crippen LogP contribution in [0.3, 0.4) is 0 Å². The number of benzene rings is 3. The van der Waals surface area contributed by atoms with Gasteiger partial charge < -0.3 is 19.5 Å². The first-order valence-corrected chi connectivity index (χ1v) is 11.2. The first-order chi connectivity index (χ1) is 15.2. The van der Waals surface area contributed by atoms with E-state index in [0.29, 0.717) is 19.0 Å². The summed E-state index contributed by atoms with van der Waals surface area (Å²) in [6.07, 6.45) is 0.867. The van der Waals surface area contributed by atoms with E-state index >= 15 is 0 Å². The van der Waals surface area contributed by atoms with Crippen molar-refractivity contribution in [3.63, 3.8) is 0 Å². The van der Waals surface area contributed by atoms with Gasteiger partial charge in [-0.25, -0.2) is 0 Å². The molecule has 160 valence electrons. The van der Waals surface area contributed by atoms with Crippen molar-refractivity contribution >= 4 is 17.7 Å². The molecule has 1 aliphatic heterocycles. The van der Waals surface area contributed by atoms with E-state index in [1.807, 2.05) is 72.8 Å². The standard InChI is InChI=1S/C25H25NO4S/c1-28-20-10-8-19(9-11-20)25(18-6-3-2-4-7-18)26-24(27)17-31-21-12-13-22-23(16-21)30-15-5-14-29-22/h2-4,6-13,16,25H,5,14-15,17H2,1H3,(H,26,27)/t25-/m0/s1. The molecule has 5 nitrogen and oxygen atoms in total. The highest BCUT2D eigenvalue weighted by Gasteiger charge is 2.18. The third kappa shape index (κ3) is 5.52. The van der Waals surface area contributed by atoms with E-state index in [1.165, 1.54) is 11.8 Å². The highest BCUT2D eigenvalue weighted by Crippen LogP contribution is 2.34. The molecule has 0 aromatic heterocycles. The van der Waals surface area contributed by atoms with Gasteiger partial charge in [0.1, 0.15) is 5.75 Å². The van der Waals surface area contributed by atoms with Crippen molar-refractivity contribution in [1.29, 1.82) is 0 Å². The number of hydrogen-bond donors (Lipinski definition) is 1. The van der Waals surface area contributed by atoms with Gasteiger partial charge >= 0.3 is 0 Å². The molecule has 3 aromatic rings. The SMILES string of the molecule is COc1ccc([C@@H](NC(=O)CSc2ccc3c(c2)OCCCO3)c2ccccc2)cc1. The minimum atomic E-state index is -0.232. The summed E-state index contributed by atoms with van der Waals surface area (Å²) < 4.78 is 16.7. The summed E-state index contributed by atoms with van der Waals surface area (Å²) in [5.74, 6) is 2.55. The Balaban J connectivity index is 1.44. The Labute approximate surface area is 186 Å². The van der Waals surface area contributed by atoms with Crippen LogP contribution in [-0.4, -0.2) is 32.0 Å². The van der Waals surface area contributed by atoms with Gasteiger partial charge in [-0.1, -0.05) is 42.5 Å². The van der Waals surface area contributed by atoms with Crippen LogP contribution in [0.4, 0.5) is 0 Å². The van der Waals surface area contributed by atoms with Crippen molar-refractivity contribution in [2.24, 2.45) is 0 Å². The normalized spacial score (nSPS) is 13.7. The predicted molar refractivity (Wildman–Crippen MR) is 122 cm³/mol. The van der Waals surface area contributed by atoms with E-state index in [9.17, 15) is 4.79 Å². The van der Waals surface area contributed by atoms with Crippen LogP contribution in [0.5, 0.6) is 17.2 Å². The zero-order valence-electron chi connectivity index (χ0n) is 17.4. The van der Waals surface area contributed by atoms with Crippen LogP contribution in [0.25, 0.3) is 0 Å². The molecule has 0 spiro atoms. The molecule has 0 fully saturated rings. The lowest BCUT2D eigenvalue weighted by Gasteiger charge is -2.20. The number of carbonyl (C=O) groups excluding carboxylic acids is 1. The molecule has 1 amide bonds. The minimum Gasteiger partial charge on any atom is -0.497 e. The van der Waals surface area contributed by atoms with Gasteiger partial charge in [0.25, 0.3) is 0 Å². The summed E-state index contributed by atoms with van der Waals surface area (Å²) in [4.78, 5) is 13.8. The summed E-state index contributed by atoms with van der Waals surface area (Å²) in [5, 5.41) is 3.17. The quantitative estimate of drug-likeness (QED) is 0.538. The van der Waals surface area contributed by atoms with Crippen LogP contribution in [-0.2, 0) is 4.79 Å². The second-order valence-corrected chi connectivity index (χ2v) is 8.18. The molecule has 0 radical (unpaired) electrons. The molecule has 1 aliphatic rings. The maximum Gasteiger partial charge on any atom is 0.231 e. The number of fused-ring (bicyclic) bond motifs is 1. The second-order valence-electron chi connectivity index (χ2n) is 7.13. The average Bonchev–Trinajstić information content (AvgIpc) is 3.07. The van der Waals surface area contributed by atoms with Crippen LogP contribution in [0.2, 0.25) is 0 Å². The molecule has 0 bridgehead atoms. The number of carbonyl (C=O) groups is 1. The zero-order chi connectivity index (χ0) is 21.5. The average molecular weight is 436 g/mol. The van der Waals surface area contributed by atoms with Crippen molar-refractivity contribution in [3.8, 4) is 17.2 Å². The first kappa shape index (κ1) is 21.1. The summed E-state index contributed by atoms with van der Waals surface area (Å²) in [6, 6.07) is 23.3. The van der Waals surface area contributed by atoms with Gasteiger partial charge in [-0.3, -0.25) is 4.79 Å². The lowest BCUT2D eigenvalue weighted by Crippen LogP contribution is -2.30. The van der Waals surface area contributed by atoms with Crippen molar-refractivity contribution in [3.05, 3.63) is 83.9 Å².